The van der Waals surface area contributed by atoms with Crippen molar-refractivity contribution < 1.29 is 14.6 Å². The first kappa shape index (κ1) is 20.0. The van der Waals surface area contributed by atoms with Crippen LogP contribution in [0.25, 0.3) is 0 Å². The van der Waals surface area contributed by atoms with Crippen molar-refractivity contribution >= 4 is 11.8 Å². The molecule has 1 N–H and O–H groups in total. The van der Waals surface area contributed by atoms with E-state index in [0.29, 0.717) is 12.5 Å². The highest BCUT2D eigenvalue weighted by atomic mass is 16.6. The van der Waals surface area contributed by atoms with Crippen molar-refractivity contribution in [1.29, 1.82) is 0 Å². The molecule has 6 unspecified atom stereocenters. The SMILES string of the molecule is CC1CCC=C2CC3OC(=O)C(CN4CCN(c5ccccn5)CC4)C3C(O)C21C. The molecule has 3 fully saturated rings. The van der Waals surface area contributed by atoms with Crippen molar-refractivity contribution in [2.45, 2.75) is 45.3 Å². The number of anilines is 1. The topological polar surface area (TPSA) is 65.9 Å². The highest BCUT2D eigenvalue weighted by Crippen LogP contribution is 2.56. The minimum Gasteiger partial charge on any atom is -0.461 e. The molecule has 30 heavy (non-hydrogen) atoms. The Balaban J connectivity index is 1.28. The molecule has 0 aromatic carbocycles. The van der Waals surface area contributed by atoms with Crippen LogP contribution in [-0.2, 0) is 9.53 Å². The fourth-order valence-electron chi connectivity index (χ4n) is 6.25. The van der Waals surface area contributed by atoms with E-state index in [1.54, 1.807) is 0 Å². The fraction of sp³-hybridized carbons (Fsp3) is 0.667. The molecule has 3 heterocycles. The summed E-state index contributed by atoms with van der Waals surface area (Å²) in [7, 11) is 0. The molecule has 2 saturated heterocycles. The van der Waals surface area contributed by atoms with E-state index < -0.39 is 6.10 Å². The van der Waals surface area contributed by atoms with Gasteiger partial charge in [0.2, 0.25) is 0 Å². The highest BCUT2D eigenvalue weighted by molar-refractivity contribution is 5.76. The molecule has 0 bridgehead atoms. The lowest BCUT2D eigenvalue weighted by atomic mass is 9.55. The summed E-state index contributed by atoms with van der Waals surface area (Å²) in [4.78, 5) is 21.9. The molecule has 1 aromatic heterocycles. The largest absolute Gasteiger partial charge is 0.461 e. The van der Waals surface area contributed by atoms with Crippen LogP contribution in [0.1, 0.15) is 33.1 Å². The number of aliphatic hydroxyl groups excluding tert-OH is 1. The fourth-order valence-corrected chi connectivity index (χ4v) is 6.25. The van der Waals surface area contributed by atoms with Crippen LogP contribution in [0.3, 0.4) is 0 Å². The normalized spacial score (nSPS) is 39.2. The average molecular weight is 412 g/mol. The van der Waals surface area contributed by atoms with Gasteiger partial charge in [-0.25, -0.2) is 4.98 Å². The number of carbonyl (C=O) groups is 1. The zero-order chi connectivity index (χ0) is 20.9. The number of esters is 1. The van der Waals surface area contributed by atoms with Crippen molar-refractivity contribution in [1.82, 2.24) is 9.88 Å². The monoisotopic (exact) mass is 411 g/mol. The predicted molar refractivity (Wildman–Crippen MR) is 115 cm³/mol. The lowest BCUT2D eigenvalue weighted by molar-refractivity contribution is -0.145. The van der Waals surface area contributed by atoms with Crippen molar-refractivity contribution in [2.24, 2.45) is 23.2 Å². The molecule has 0 spiro atoms. The van der Waals surface area contributed by atoms with Crippen LogP contribution in [0.4, 0.5) is 5.82 Å². The minimum absolute atomic E-state index is 0.103. The van der Waals surface area contributed by atoms with Gasteiger partial charge in [0.15, 0.2) is 0 Å². The molecule has 1 saturated carbocycles. The van der Waals surface area contributed by atoms with Gasteiger partial charge in [-0.1, -0.05) is 31.6 Å². The maximum absolute atomic E-state index is 12.8. The van der Waals surface area contributed by atoms with Gasteiger partial charge in [0.1, 0.15) is 11.9 Å². The van der Waals surface area contributed by atoms with Gasteiger partial charge in [0, 0.05) is 56.7 Å². The number of hydrogen-bond acceptors (Lipinski definition) is 6. The second-order valence-electron chi connectivity index (χ2n) is 9.77. The van der Waals surface area contributed by atoms with E-state index in [0.717, 1.165) is 51.3 Å². The lowest BCUT2D eigenvalue weighted by Crippen LogP contribution is -2.55. The summed E-state index contributed by atoms with van der Waals surface area (Å²) in [5.41, 5.74) is 1.07. The van der Waals surface area contributed by atoms with E-state index in [2.05, 4.69) is 34.7 Å². The molecule has 1 aromatic rings. The number of allylic oxidation sites excluding steroid dienone is 1. The van der Waals surface area contributed by atoms with Gasteiger partial charge in [-0.2, -0.15) is 0 Å². The van der Waals surface area contributed by atoms with E-state index in [-0.39, 0.29) is 29.3 Å². The number of rotatable bonds is 3. The van der Waals surface area contributed by atoms with Crippen LogP contribution in [-0.4, -0.2) is 65.9 Å². The number of aliphatic hydroxyl groups is 1. The molecule has 0 amide bonds. The number of hydrogen-bond donors (Lipinski definition) is 1. The maximum atomic E-state index is 12.8. The molecular weight excluding hydrogens is 378 g/mol. The summed E-state index contributed by atoms with van der Waals surface area (Å²) in [6, 6.07) is 6.00. The second-order valence-corrected chi connectivity index (χ2v) is 9.77. The van der Waals surface area contributed by atoms with Crippen LogP contribution in [0, 0.1) is 23.2 Å². The predicted octanol–water partition coefficient (Wildman–Crippen LogP) is 2.49. The molecule has 2 aliphatic heterocycles. The quantitative estimate of drug-likeness (QED) is 0.609. The Morgan fingerprint density at radius 3 is 2.80 bits per heavy atom. The number of fused-ring (bicyclic) bond motifs is 2. The Hall–Kier alpha value is -1.92. The molecule has 6 atom stereocenters. The molecule has 0 radical (unpaired) electrons. The minimum atomic E-state index is -0.524. The van der Waals surface area contributed by atoms with Crippen molar-refractivity contribution in [3.63, 3.8) is 0 Å². The molecule has 162 valence electrons. The van der Waals surface area contributed by atoms with E-state index in [1.807, 2.05) is 24.4 Å². The summed E-state index contributed by atoms with van der Waals surface area (Å²) in [6.45, 7) is 8.72. The Kier molecular flexibility index (Phi) is 5.10. The standard InChI is InChI=1S/C24H33N3O3/c1-16-6-5-7-17-14-19-21(22(28)24(16,17)2)18(23(29)30-19)15-26-10-12-27(13-11-26)20-8-3-4-9-25-20/h3-4,7-9,16,18-19,21-22,28H,5-6,10-15H2,1-2H3. The molecule has 4 aliphatic rings. The van der Waals surface area contributed by atoms with E-state index in [9.17, 15) is 9.90 Å². The third kappa shape index (κ3) is 3.16. The van der Waals surface area contributed by atoms with Crippen molar-refractivity contribution in [2.75, 3.05) is 37.6 Å². The first-order chi connectivity index (χ1) is 14.5. The zero-order valence-electron chi connectivity index (χ0n) is 18.0. The first-order valence-electron chi connectivity index (χ1n) is 11.4. The number of piperazine rings is 1. The Bertz CT molecular complexity index is 820. The Morgan fingerprint density at radius 2 is 2.07 bits per heavy atom. The summed E-state index contributed by atoms with van der Waals surface area (Å²) in [5.74, 6) is 0.977. The van der Waals surface area contributed by atoms with E-state index in [4.69, 9.17) is 4.74 Å². The van der Waals surface area contributed by atoms with Gasteiger partial charge < -0.3 is 14.7 Å². The van der Waals surface area contributed by atoms with Gasteiger partial charge in [-0.05, 0) is 30.9 Å². The second kappa shape index (κ2) is 7.65. The number of pyridine rings is 1. The summed E-state index contributed by atoms with van der Waals surface area (Å²) in [5, 5.41) is 11.5. The van der Waals surface area contributed by atoms with Crippen LogP contribution in [0.5, 0.6) is 0 Å². The van der Waals surface area contributed by atoms with Crippen LogP contribution in [0.2, 0.25) is 0 Å². The highest BCUT2D eigenvalue weighted by Gasteiger charge is 2.59. The lowest BCUT2D eigenvalue weighted by Gasteiger charge is -2.52. The molecule has 5 rings (SSSR count). The maximum Gasteiger partial charge on any atom is 0.311 e. The molecular formula is C24H33N3O3. The first-order valence-corrected chi connectivity index (χ1v) is 11.4. The van der Waals surface area contributed by atoms with Gasteiger partial charge in [-0.3, -0.25) is 9.69 Å². The Labute approximate surface area is 178 Å². The third-order valence-electron chi connectivity index (χ3n) is 8.37. The Morgan fingerprint density at radius 1 is 1.27 bits per heavy atom. The van der Waals surface area contributed by atoms with Crippen molar-refractivity contribution in [3.8, 4) is 0 Å². The van der Waals surface area contributed by atoms with E-state index in [1.165, 1.54) is 5.57 Å². The smallest absolute Gasteiger partial charge is 0.311 e. The molecule has 2 aliphatic carbocycles. The van der Waals surface area contributed by atoms with E-state index >= 15 is 0 Å². The molecule has 6 nitrogen and oxygen atoms in total. The number of aromatic nitrogens is 1. The molecule has 6 heteroatoms. The van der Waals surface area contributed by atoms with Gasteiger partial charge in [-0.15, -0.1) is 0 Å². The average Bonchev–Trinajstić information content (AvgIpc) is 3.07. The van der Waals surface area contributed by atoms with Crippen molar-refractivity contribution in [3.05, 3.63) is 36.0 Å². The number of carbonyl (C=O) groups excluding carboxylic acids is 1. The zero-order valence-corrected chi connectivity index (χ0v) is 18.0. The summed E-state index contributed by atoms with van der Waals surface area (Å²) < 4.78 is 5.82. The summed E-state index contributed by atoms with van der Waals surface area (Å²) in [6.07, 6.45) is 6.38. The van der Waals surface area contributed by atoms with Gasteiger partial charge >= 0.3 is 5.97 Å². The van der Waals surface area contributed by atoms with Crippen LogP contribution in [0.15, 0.2) is 36.0 Å². The van der Waals surface area contributed by atoms with Crippen LogP contribution < -0.4 is 4.90 Å². The summed E-state index contributed by atoms with van der Waals surface area (Å²) >= 11 is 0. The van der Waals surface area contributed by atoms with Gasteiger partial charge in [0.25, 0.3) is 0 Å². The number of ether oxygens (including phenoxy) is 1. The number of nitrogens with zero attached hydrogens (tertiary/aromatic N) is 3. The van der Waals surface area contributed by atoms with Gasteiger partial charge in [0.05, 0.1) is 12.0 Å². The van der Waals surface area contributed by atoms with Crippen LogP contribution >= 0.6 is 0 Å². The third-order valence-corrected chi connectivity index (χ3v) is 8.37.